The fraction of sp³-hybridized carbons (Fsp3) is 0.667. The van der Waals surface area contributed by atoms with E-state index in [0.29, 0.717) is 19.0 Å². The van der Waals surface area contributed by atoms with Crippen molar-refractivity contribution in [1.29, 1.82) is 0 Å². The lowest BCUT2D eigenvalue weighted by Crippen LogP contribution is -2.43. The third-order valence-corrected chi connectivity index (χ3v) is 7.65. The highest BCUT2D eigenvalue weighted by Gasteiger charge is 2.28. The van der Waals surface area contributed by atoms with E-state index in [9.17, 15) is 8.42 Å². The summed E-state index contributed by atoms with van der Waals surface area (Å²) < 4.78 is 27.0. The second-order valence-corrected chi connectivity index (χ2v) is 10.1. The number of piperidine rings is 1. The SMILES string of the molecule is CN=C(NCCCN1CCC(C)CC1)NCCS(=O)(=O)N1CCc2ccccc21.I. The number of fused-ring (bicyclic) bond motifs is 1. The average Bonchev–Trinajstić information content (AvgIpc) is 3.16. The van der Waals surface area contributed by atoms with Crippen molar-refractivity contribution >= 4 is 45.6 Å². The molecule has 3 rings (SSSR count). The summed E-state index contributed by atoms with van der Waals surface area (Å²) in [7, 11) is -1.63. The van der Waals surface area contributed by atoms with Gasteiger partial charge < -0.3 is 15.5 Å². The lowest BCUT2D eigenvalue weighted by atomic mass is 9.99. The van der Waals surface area contributed by atoms with E-state index in [2.05, 4.69) is 27.4 Å². The van der Waals surface area contributed by atoms with Gasteiger partial charge in [-0.2, -0.15) is 0 Å². The Labute approximate surface area is 198 Å². The first-order valence-electron chi connectivity index (χ1n) is 10.7. The zero-order chi connectivity index (χ0) is 20.7. The Bertz CT molecular complexity index is 794. The van der Waals surface area contributed by atoms with Crippen molar-refractivity contribution in [1.82, 2.24) is 15.5 Å². The van der Waals surface area contributed by atoms with E-state index >= 15 is 0 Å². The molecule has 0 amide bonds. The molecule has 7 nitrogen and oxygen atoms in total. The fourth-order valence-electron chi connectivity index (χ4n) is 4.02. The van der Waals surface area contributed by atoms with Crippen LogP contribution in [0.5, 0.6) is 0 Å². The Morgan fingerprint density at radius 2 is 1.83 bits per heavy atom. The molecule has 9 heteroatoms. The number of halogens is 1. The highest BCUT2D eigenvalue weighted by Crippen LogP contribution is 2.29. The molecule has 0 saturated carbocycles. The van der Waals surface area contributed by atoms with Crippen LogP contribution >= 0.6 is 24.0 Å². The van der Waals surface area contributed by atoms with Gasteiger partial charge in [0.2, 0.25) is 10.0 Å². The van der Waals surface area contributed by atoms with Crippen LogP contribution in [0, 0.1) is 5.92 Å². The van der Waals surface area contributed by atoms with Crippen LogP contribution in [0.3, 0.4) is 0 Å². The molecule has 0 unspecified atom stereocenters. The average molecular weight is 550 g/mol. The van der Waals surface area contributed by atoms with Crippen molar-refractivity contribution in [3.05, 3.63) is 29.8 Å². The minimum Gasteiger partial charge on any atom is -0.356 e. The molecule has 1 saturated heterocycles. The molecule has 2 N–H and O–H groups in total. The molecule has 30 heavy (non-hydrogen) atoms. The third kappa shape index (κ3) is 6.98. The van der Waals surface area contributed by atoms with Crippen molar-refractivity contribution in [3.63, 3.8) is 0 Å². The van der Waals surface area contributed by atoms with Crippen LogP contribution in [0.1, 0.15) is 31.7 Å². The summed E-state index contributed by atoms with van der Waals surface area (Å²) in [4.78, 5) is 6.73. The Morgan fingerprint density at radius 1 is 1.13 bits per heavy atom. The first kappa shape index (κ1) is 25.2. The molecule has 0 atom stereocenters. The molecule has 0 aliphatic carbocycles. The summed E-state index contributed by atoms with van der Waals surface area (Å²) in [6, 6.07) is 7.73. The summed E-state index contributed by atoms with van der Waals surface area (Å²) in [6.07, 6.45) is 4.43. The van der Waals surface area contributed by atoms with Crippen LogP contribution < -0.4 is 14.9 Å². The molecule has 1 aromatic rings. The van der Waals surface area contributed by atoms with Crippen LogP contribution in [-0.4, -0.2) is 71.3 Å². The zero-order valence-electron chi connectivity index (χ0n) is 18.1. The van der Waals surface area contributed by atoms with E-state index in [1.54, 1.807) is 11.4 Å². The number of sulfonamides is 1. The van der Waals surface area contributed by atoms with E-state index in [-0.39, 0.29) is 29.7 Å². The van der Waals surface area contributed by atoms with Crippen LogP contribution in [0.25, 0.3) is 0 Å². The van der Waals surface area contributed by atoms with E-state index < -0.39 is 10.0 Å². The van der Waals surface area contributed by atoms with E-state index in [1.165, 1.54) is 25.9 Å². The number of hydrogen-bond donors (Lipinski definition) is 2. The Kier molecular flexibility index (Phi) is 10.2. The number of likely N-dealkylation sites (tertiary alicyclic amines) is 1. The van der Waals surface area contributed by atoms with E-state index in [4.69, 9.17) is 0 Å². The number of anilines is 1. The molecule has 0 spiro atoms. The minimum absolute atomic E-state index is 0. The molecular weight excluding hydrogens is 513 g/mol. The molecule has 2 aliphatic rings. The number of hydrogen-bond acceptors (Lipinski definition) is 4. The number of nitrogens with one attached hydrogen (secondary N) is 2. The van der Waals surface area contributed by atoms with Gasteiger partial charge in [0.05, 0.1) is 11.4 Å². The molecular formula is C21H36IN5O2S. The first-order valence-corrected chi connectivity index (χ1v) is 12.4. The van der Waals surface area contributed by atoms with Gasteiger partial charge in [0, 0.05) is 26.7 Å². The third-order valence-electron chi connectivity index (χ3n) is 5.88. The summed E-state index contributed by atoms with van der Waals surface area (Å²) in [5, 5.41) is 6.43. The normalized spacial score (nSPS) is 18.1. The molecule has 1 fully saturated rings. The van der Waals surface area contributed by atoms with Crippen molar-refractivity contribution in [2.75, 3.05) is 56.4 Å². The van der Waals surface area contributed by atoms with Crippen LogP contribution in [-0.2, 0) is 16.4 Å². The molecule has 170 valence electrons. The van der Waals surface area contributed by atoms with Gasteiger partial charge in [0.1, 0.15) is 0 Å². The molecule has 1 aromatic carbocycles. The highest BCUT2D eigenvalue weighted by atomic mass is 127. The first-order chi connectivity index (χ1) is 14.0. The van der Waals surface area contributed by atoms with Crippen LogP contribution in [0.4, 0.5) is 5.69 Å². The Hall–Kier alpha value is -1.07. The lowest BCUT2D eigenvalue weighted by molar-refractivity contribution is 0.191. The maximum atomic E-state index is 12.7. The van der Waals surface area contributed by atoms with Crippen LogP contribution in [0.2, 0.25) is 0 Å². The molecule has 0 bridgehead atoms. The topological polar surface area (TPSA) is 77.0 Å². The lowest BCUT2D eigenvalue weighted by Gasteiger charge is -2.30. The predicted molar refractivity (Wildman–Crippen MR) is 136 cm³/mol. The van der Waals surface area contributed by atoms with Gasteiger partial charge in [-0.3, -0.25) is 9.30 Å². The summed E-state index contributed by atoms with van der Waals surface area (Å²) >= 11 is 0. The zero-order valence-corrected chi connectivity index (χ0v) is 21.3. The van der Waals surface area contributed by atoms with E-state index in [1.807, 2.05) is 24.3 Å². The van der Waals surface area contributed by atoms with Crippen molar-refractivity contribution < 1.29 is 8.42 Å². The van der Waals surface area contributed by atoms with Gasteiger partial charge in [-0.1, -0.05) is 25.1 Å². The molecule has 2 heterocycles. The monoisotopic (exact) mass is 549 g/mol. The fourth-order valence-corrected chi connectivity index (χ4v) is 5.45. The quantitative estimate of drug-likeness (QED) is 0.225. The number of rotatable bonds is 8. The van der Waals surface area contributed by atoms with E-state index in [0.717, 1.165) is 43.1 Å². The van der Waals surface area contributed by atoms with Gasteiger partial charge in [-0.05, 0) is 62.9 Å². The Balaban J connectivity index is 0.00000320. The Morgan fingerprint density at radius 3 is 2.57 bits per heavy atom. The molecule has 0 radical (unpaired) electrons. The second kappa shape index (κ2) is 12.1. The number of nitrogens with zero attached hydrogens (tertiary/aromatic N) is 3. The number of benzene rings is 1. The second-order valence-electron chi connectivity index (χ2n) is 8.07. The van der Waals surface area contributed by atoms with Crippen molar-refractivity contribution in [2.45, 2.75) is 32.6 Å². The largest absolute Gasteiger partial charge is 0.356 e. The minimum atomic E-state index is -3.34. The standard InChI is InChI=1S/C21H35N5O2S.HI/c1-18-8-14-25(15-9-18)13-5-11-23-21(22-2)24-12-17-29(27,28)26-16-10-19-6-3-4-7-20(19)26;/h3-4,6-7,18H,5,8-17H2,1-2H3,(H2,22,23,24);1H. The van der Waals surface area contributed by atoms with Crippen LogP contribution in [0.15, 0.2) is 29.3 Å². The predicted octanol–water partition coefficient (Wildman–Crippen LogP) is 2.28. The smallest absolute Gasteiger partial charge is 0.236 e. The molecule has 2 aliphatic heterocycles. The van der Waals surface area contributed by atoms with Gasteiger partial charge in [-0.25, -0.2) is 8.42 Å². The molecule has 0 aromatic heterocycles. The summed E-state index contributed by atoms with van der Waals surface area (Å²) in [5.41, 5.74) is 1.92. The number of guanidine groups is 1. The van der Waals surface area contributed by atoms with Crippen molar-refractivity contribution in [3.8, 4) is 0 Å². The van der Waals surface area contributed by atoms with Gasteiger partial charge >= 0.3 is 0 Å². The van der Waals surface area contributed by atoms with Crippen molar-refractivity contribution in [2.24, 2.45) is 10.9 Å². The maximum absolute atomic E-state index is 12.7. The summed E-state index contributed by atoms with van der Waals surface area (Å²) in [6.45, 7) is 7.53. The summed E-state index contributed by atoms with van der Waals surface area (Å²) in [5.74, 6) is 1.57. The number of aliphatic imine (C=N–C) groups is 1. The highest BCUT2D eigenvalue weighted by molar-refractivity contribution is 14.0. The van der Waals surface area contributed by atoms with Gasteiger partial charge in [0.15, 0.2) is 5.96 Å². The maximum Gasteiger partial charge on any atom is 0.236 e. The van der Waals surface area contributed by atoms with Gasteiger partial charge in [-0.15, -0.1) is 24.0 Å². The number of para-hydroxylation sites is 1. The van der Waals surface area contributed by atoms with Gasteiger partial charge in [0.25, 0.3) is 0 Å².